The number of pyridine rings is 1. The summed E-state index contributed by atoms with van der Waals surface area (Å²) in [6.45, 7) is 2.91. The van der Waals surface area contributed by atoms with Gasteiger partial charge in [0.15, 0.2) is 17.3 Å². The van der Waals surface area contributed by atoms with Crippen LogP contribution in [-0.2, 0) is 0 Å². The summed E-state index contributed by atoms with van der Waals surface area (Å²) in [6.07, 6.45) is 10.5. The molecule has 34 heavy (non-hydrogen) atoms. The number of aromatic amines is 1. The zero-order valence-corrected chi connectivity index (χ0v) is 19.5. The maximum atomic E-state index is 13.5. The molecule has 9 nitrogen and oxygen atoms in total. The lowest BCUT2D eigenvalue weighted by molar-refractivity contribution is 0.172. The predicted octanol–water partition coefficient (Wildman–Crippen LogP) is 3.76. The molecule has 180 valence electrons. The Morgan fingerprint density at radius 1 is 0.912 bits per heavy atom. The molecule has 6 rings (SSSR count). The van der Waals surface area contributed by atoms with Crippen molar-refractivity contribution >= 4 is 10.9 Å². The molecule has 0 spiro atoms. The molecule has 1 unspecified atom stereocenters. The average Bonchev–Trinajstić information content (AvgIpc) is 3.19. The van der Waals surface area contributed by atoms with Gasteiger partial charge < -0.3 is 14.5 Å². The summed E-state index contributed by atoms with van der Waals surface area (Å²) >= 11 is 0. The van der Waals surface area contributed by atoms with Crippen LogP contribution in [-0.4, -0.2) is 56.4 Å². The van der Waals surface area contributed by atoms with Gasteiger partial charge in [0, 0.05) is 17.0 Å². The van der Waals surface area contributed by atoms with Crippen LogP contribution in [0.1, 0.15) is 81.3 Å². The largest absolute Gasteiger partial charge is 0.486 e. The number of likely N-dealkylation sites (tertiary alicyclic amines) is 1. The van der Waals surface area contributed by atoms with Crippen molar-refractivity contribution < 1.29 is 9.47 Å². The molecule has 9 heteroatoms. The van der Waals surface area contributed by atoms with Gasteiger partial charge in [0.1, 0.15) is 19.3 Å². The molecule has 0 radical (unpaired) electrons. The van der Waals surface area contributed by atoms with E-state index in [1.165, 1.54) is 32.1 Å². The van der Waals surface area contributed by atoms with Crippen LogP contribution in [0, 0.1) is 0 Å². The Labute approximate surface area is 198 Å². The monoisotopic (exact) mass is 464 g/mol. The lowest BCUT2D eigenvalue weighted by Gasteiger charge is -2.31. The molecule has 1 saturated heterocycles. The molecule has 1 aromatic carbocycles. The molecule has 1 aliphatic carbocycles. The van der Waals surface area contributed by atoms with Gasteiger partial charge >= 0.3 is 0 Å². The molecule has 0 bridgehead atoms. The van der Waals surface area contributed by atoms with Gasteiger partial charge in [-0.2, -0.15) is 0 Å². The first-order valence-electron chi connectivity index (χ1n) is 12.8. The van der Waals surface area contributed by atoms with Crippen molar-refractivity contribution in [3.8, 4) is 11.5 Å². The highest BCUT2D eigenvalue weighted by molar-refractivity contribution is 5.83. The minimum Gasteiger partial charge on any atom is -0.486 e. The first-order valence-corrected chi connectivity index (χ1v) is 12.8. The lowest BCUT2D eigenvalue weighted by atomic mass is 9.95. The number of hydrogen-bond donors (Lipinski definition) is 1. The van der Waals surface area contributed by atoms with E-state index < -0.39 is 0 Å². The van der Waals surface area contributed by atoms with Gasteiger partial charge in [-0.3, -0.25) is 9.69 Å². The van der Waals surface area contributed by atoms with Crippen LogP contribution in [0.2, 0.25) is 0 Å². The molecule has 3 aliphatic rings. The highest BCUT2D eigenvalue weighted by Crippen LogP contribution is 2.36. The Morgan fingerprint density at radius 2 is 1.62 bits per heavy atom. The van der Waals surface area contributed by atoms with E-state index >= 15 is 0 Å². The summed E-state index contributed by atoms with van der Waals surface area (Å²) in [7, 11) is 0. The van der Waals surface area contributed by atoms with Gasteiger partial charge in [-0.05, 0) is 61.3 Å². The number of benzene rings is 1. The fourth-order valence-electron chi connectivity index (χ4n) is 5.78. The minimum absolute atomic E-state index is 0.100. The van der Waals surface area contributed by atoms with E-state index in [0.717, 1.165) is 61.2 Å². The second-order valence-corrected chi connectivity index (χ2v) is 9.76. The van der Waals surface area contributed by atoms with E-state index in [2.05, 4.69) is 25.4 Å². The van der Waals surface area contributed by atoms with Crippen LogP contribution in [0.25, 0.3) is 10.9 Å². The summed E-state index contributed by atoms with van der Waals surface area (Å²) in [5.74, 6) is 2.18. The van der Waals surface area contributed by atoms with Crippen molar-refractivity contribution in [3.63, 3.8) is 0 Å². The highest BCUT2D eigenvalue weighted by atomic mass is 16.6. The summed E-state index contributed by atoms with van der Waals surface area (Å²) in [4.78, 5) is 19.0. The van der Waals surface area contributed by atoms with Gasteiger partial charge in [0.25, 0.3) is 5.56 Å². The van der Waals surface area contributed by atoms with E-state index in [4.69, 9.17) is 9.47 Å². The Balaban J connectivity index is 1.47. The number of H-pyrrole nitrogens is 1. The Kier molecular flexibility index (Phi) is 5.95. The van der Waals surface area contributed by atoms with E-state index in [9.17, 15) is 4.79 Å². The number of hydrogen-bond acceptors (Lipinski definition) is 7. The molecular formula is C25H32N6O3. The molecule has 2 aliphatic heterocycles. The lowest BCUT2D eigenvalue weighted by Crippen LogP contribution is -2.36. The number of ether oxygens (including phenoxy) is 2. The van der Waals surface area contributed by atoms with Crippen molar-refractivity contribution in [3.05, 3.63) is 39.9 Å². The predicted molar refractivity (Wildman–Crippen MR) is 127 cm³/mol. The molecule has 2 fully saturated rings. The van der Waals surface area contributed by atoms with Crippen LogP contribution >= 0.6 is 0 Å². The SMILES string of the molecule is O=c1[nH]c2cc3c(cc2cc1C(c1nnnn1C1CCCCC1)N1CCCCCC1)OCCO3. The summed E-state index contributed by atoms with van der Waals surface area (Å²) < 4.78 is 13.5. The number of nitrogens with one attached hydrogen (secondary N) is 1. The quantitative estimate of drug-likeness (QED) is 0.628. The molecule has 1 N–H and O–H groups in total. The molecule has 0 amide bonds. The zero-order chi connectivity index (χ0) is 22.9. The Morgan fingerprint density at radius 3 is 2.38 bits per heavy atom. The number of rotatable bonds is 4. The summed E-state index contributed by atoms with van der Waals surface area (Å²) in [5.41, 5.74) is 1.34. The van der Waals surface area contributed by atoms with Crippen LogP contribution in [0.15, 0.2) is 23.0 Å². The second kappa shape index (κ2) is 9.37. The Bertz CT molecular complexity index is 1210. The van der Waals surface area contributed by atoms with E-state index in [0.29, 0.717) is 30.6 Å². The summed E-state index contributed by atoms with van der Waals surface area (Å²) in [5, 5.41) is 14.0. The number of tetrazole rings is 1. The number of aromatic nitrogens is 5. The van der Waals surface area contributed by atoms with Crippen LogP contribution < -0.4 is 15.0 Å². The fraction of sp³-hybridized carbons (Fsp3) is 0.600. The topological polar surface area (TPSA) is 98.2 Å². The first-order chi connectivity index (χ1) is 16.8. The second-order valence-electron chi connectivity index (χ2n) is 9.76. The maximum Gasteiger partial charge on any atom is 0.253 e. The first kappa shape index (κ1) is 21.6. The molecule has 1 saturated carbocycles. The van der Waals surface area contributed by atoms with Crippen molar-refractivity contribution in [2.24, 2.45) is 0 Å². The normalized spacial score (nSPS) is 20.8. The number of fused-ring (bicyclic) bond motifs is 2. The van der Waals surface area contributed by atoms with Gasteiger partial charge in [-0.15, -0.1) is 5.10 Å². The third-order valence-electron chi connectivity index (χ3n) is 7.52. The summed E-state index contributed by atoms with van der Waals surface area (Å²) in [6, 6.07) is 5.85. The Hall–Kier alpha value is -2.94. The van der Waals surface area contributed by atoms with Crippen molar-refractivity contribution in [1.29, 1.82) is 0 Å². The zero-order valence-electron chi connectivity index (χ0n) is 19.5. The van der Waals surface area contributed by atoms with Crippen LogP contribution in [0.3, 0.4) is 0 Å². The van der Waals surface area contributed by atoms with E-state index in [1.54, 1.807) is 0 Å². The molecule has 4 heterocycles. The number of nitrogens with zero attached hydrogens (tertiary/aromatic N) is 5. The average molecular weight is 465 g/mol. The molecular weight excluding hydrogens is 432 g/mol. The van der Waals surface area contributed by atoms with Crippen molar-refractivity contribution in [2.75, 3.05) is 26.3 Å². The third-order valence-corrected chi connectivity index (χ3v) is 7.52. The molecule has 3 aromatic rings. The standard InChI is InChI=1S/C25H32N6O3/c32-25-19(14-17-15-21-22(16-20(17)26-25)34-13-12-33-21)23(30-10-6-1-2-7-11-30)24-27-28-29-31(24)18-8-4-3-5-9-18/h14-16,18,23H,1-13H2,(H,26,32). The van der Waals surface area contributed by atoms with Gasteiger partial charge in [-0.25, -0.2) is 4.68 Å². The van der Waals surface area contributed by atoms with Crippen molar-refractivity contribution in [2.45, 2.75) is 69.9 Å². The van der Waals surface area contributed by atoms with Gasteiger partial charge in [0.2, 0.25) is 0 Å². The van der Waals surface area contributed by atoms with E-state index in [1.807, 2.05) is 22.9 Å². The fourth-order valence-corrected chi connectivity index (χ4v) is 5.78. The smallest absolute Gasteiger partial charge is 0.253 e. The minimum atomic E-state index is -0.281. The van der Waals surface area contributed by atoms with E-state index in [-0.39, 0.29) is 11.6 Å². The highest BCUT2D eigenvalue weighted by Gasteiger charge is 2.33. The van der Waals surface area contributed by atoms with Crippen LogP contribution in [0.5, 0.6) is 11.5 Å². The third kappa shape index (κ3) is 4.06. The molecule has 1 atom stereocenters. The van der Waals surface area contributed by atoms with Gasteiger partial charge in [-0.1, -0.05) is 32.1 Å². The molecule has 2 aromatic heterocycles. The van der Waals surface area contributed by atoms with Crippen molar-refractivity contribution in [1.82, 2.24) is 30.1 Å². The van der Waals surface area contributed by atoms with Crippen LogP contribution in [0.4, 0.5) is 0 Å². The van der Waals surface area contributed by atoms with Gasteiger partial charge in [0.05, 0.1) is 11.6 Å². The maximum absolute atomic E-state index is 13.5.